The first-order valence-corrected chi connectivity index (χ1v) is 5.49. The maximum atomic E-state index is 11.0. The molecule has 1 N–H and O–H groups in total. The molecule has 88 valence electrons. The summed E-state index contributed by atoms with van der Waals surface area (Å²) in [5.41, 5.74) is -0.0736. The molecule has 1 fully saturated rings. The number of aliphatic carboxylic acids is 1. The van der Waals surface area contributed by atoms with E-state index in [-0.39, 0.29) is 11.5 Å². The van der Waals surface area contributed by atoms with Crippen LogP contribution >= 0.6 is 0 Å². The molecule has 0 aliphatic carbocycles. The maximum absolute atomic E-state index is 11.0. The second-order valence-electron chi connectivity index (χ2n) is 5.01. The number of nitrogens with zero attached hydrogens (tertiary/aromatic N) is 1. The molecule has 1 aromatic rings. The van der Waals surface area contributed by atoms with Crippen molar-refractivity contribution < 1.29 is 14.3 Å². The van der Waals surface area contributed by atoms with Gasteiger partial charge in [-0.15, -0.1) is 0 Å². The minimum absolute atomic E-state index is 0.0736. The fraction of sp³-hybridized carbons (Fsp3) is 0.583. The number of furan rings is 1. The molecule has 1 unspecified atom stereocenters. The van der Waals surface area contributed by atoms with Crippen molar-refractivity contribution in [1.82, 2.24) is 4.90 Å². The molecule has 1 aliphatic heterocycles. The third kappa shape index (κ3) is 2.11. The number of likely N-dealkylation sites (tertiary alicyclic amines) is 1. The first kappa shape index (κ1) is 11.2. The minimum Gasteiger partial charge on any atom is -0.481 e. The quantitative estimate of drug-likeness (QED) is 0.851. The van der Waals surface area contributed by atoms with Crippen molar-refractivity contribution in [2.45, 2.75) is 32.4 Å². The van der Waals surface area contributed by atoms with Crippen LogP contribution in [0.3, 0.4) is 0 Å². The van der Waals surface area contributed by atoms with Crippen molar-refractivity contribution in [3.05, 3.63) is 24.2 Å². The Morgan fingerprint density at radius 1 is 1.69 bits per heavy atom. The monoisotopic (exact) mass is 223 g/mol. The summed E-state index contributed by atoms with van der Waals surface area (Å²) < 4.78 is 5.30. The van der Waals surface area contributed by atoms with E-state index in [1.54, 1.807) is 6.26 Å². The summed E-state index contributed by atoms with van der Waals surface area (Å²) in [6, 6.07) is 3.78. The Morgan fingerprint density at radius 2 is 2.44 bits per heavy atom. The topological polar surface area (TPSA) is 53.7 Å². The van der Waals surface area contributed by atoms with Crippen LogP contribution in [0.25, 0.3) is 0 Å². The van der Waals surface area contributed by atoms with Crippen LogP contribution in [0.4, 0.5) is 0 Å². The van der Waals surface area contributed by atoms with Crippen LogP contribution in [0, 0.1) is 5.92 Å². The van der Waals surface area contributed by atoms with E-state index in [9.17, 15) is 4.79 Å². The molecule has 2 rings (SSSR count). The van der Waals surface area contributed by atoms with Crippen LogP contribution in [0.15, 0.2) is 22.8 Å². The molecule has 4 nitrogen and oxygen atoms in total. The maximum Gasteiger partial charge on any atom is 0.307 e. The van der Waals surface area contributed by atoms with Crippen LogP contribution in [-0.2, 0) is 11.3 Å². The Morgan fingerprint density at radius 3 is 2.94 bits per heavy atom. The van der Waals surface area contributed by atoms with Crippen molar-refractivity contribution >= 4 is 5.97 Å². The average molecular weight is 223 g/mol. The molecule has 0 spiro atoms. The van der Waals surface area contributed by atoms with E-state index in [4.69, 9.17) is 9.52 Å². The normalized spacial score (nSPS) is 24.8. The average Bonchev–Trinajstić information content (AvgIpc) is 2.76. The molecular weight excluding hydrogens is 206 g/mol. The summed E-state index contributed by atoms with van der Waals surface area (Å²) in [4.78, 5) is 13.2. The summed E-state index contributed by atoms with van der Waals surface area (Å²) in [5, 5.41) is 9.04. The second kappa shape index (κ2) is 3.94. The van der Waals surface area contributed by atoms with E-state index >= 15 is 0 Å². The number of hydrogen-bond acceptors (Lipinski definition) is 3. The zero-order chi connectivity index (χ0) is 11.8. The summed E-state index contributed by atoms with van der Waals surface area (Å²) in [7, 11) is 0. The molecule has 0 saturated carbocycles. The van der Waals surface area contributed by atoms with Gasteiger partial charge in [0.25, 0.3) is 0 Å². The molecular formula is C12H17NO3. The van der Waals surface area contributed by atoms with Crippen LogP contribution < -0.4 is 0 Å². The van der Waals surface area contributed by atoms with Gasteiger partial charge in [-0.2, -0.15) is 0 Å². The van der Waals surface area contributed by atoms with E-state index in [0.717, 1.165) is 5.76 Å². The predicted octanol–water partition coefficient (Wildman–Crippen LogP) is 1.96. The fourth-order valence-corrected chi connectivity index (χ4v) is 2.34. The largest absolute Gasteiger partial charge is 0.481 e. The van der Waals surface area contributed by atoms with Crippen LogP contribution in [0.1, 0.15) is 26.0 Å². The van der Waals surface area contributed by atoms with Gasteiger partial charge in [-0.1, -0.05) is 0 Å². The molecule has 1 aliphatic rings. The van der Waals surface area contributed by atoms with Gasteiger partial charge in [0.2, 0.25) is 0 Å². The molecule has 16 heavy (non-hydrogen) atoms. The Labute approximate surface area is 94.9 Å². The van der Waals surface area contributed by atoms with Crippen LogP contribution in [-0.4, -0.2) is 28.1 Å². The fourth-order valence-electron chi connectivity index (χ4n) is 2.34. The van der Waals surface area contributed by atoms with Gasteiger partial charge in [0, 0.05) is 12.1 Å². The van der Waals surface area contributed by atoms with Gasteiger partial charge < -0.3 is 9.52 Å². The lowest BCUT2D eigenvalue weighted by Crippen LogP contribution is -2.37. The van der Waals surface area contributed by atoms with E-state index in [0.29, 0.717) is 19.5 Å². The number of hydrogen-bond donors (Lipinski definition) is 1. The molecule has 1 aromatic heterocycles. The van der Waals surface area contributed by atoms with Gasteiger partial charge in [0.05, 0.1) is 18.7 Å². The third-order valence-electron chi connectivity index (χ3n) is 3.32. The van der Waals surface area contributed by atoms with E-state index in [1.807, 2.05) is 12.1 Å². The lowest BCUT2D eigenvalue weighted by Gasteiger charge is -2.30. The molecule has 0 bridgehead atoms. The highest BCUT2D eigenvalue weighted by molar-refractivity contribution is 5.70. The second-order valence-corrected chi connectivity index (χ2v) is 5.01. The van der Waals surface area contributed by atoms with Gasteiger partial charge in [0.1, 0.15) is 5.76 Å². The first-order chi connectivity index (χ1) is 7.49. The van der Waals surface area contributed by atoms with Gasteiger partial charge in [-0.3, -0.25) is 9.69 Å². The van der Waals surface area contributed by atoms with Gasteiger partial charge >= 0.3 is 5.97 Å². The predicted molar refractivity (Wildman–Crippen MR) is 58.9 cm³/mol. The molecule has 0 amide bonds. The molecule has 1 saturated heterocycles. The van der Waals surface area contributed by atoms with Crippen molar-refractivity contribution in [3.8, 4) is 0 Å². The number of rotatable bonds is 3. The highest BCUT2D eigenvalue weighted by Crippen LogP contribution is 2.33. The summed E-state index contributed by atoms with van der Waals surface area (Å²) >= 11 is 0. The van der Waals surface area contributed by atoms with E-state index < -0.39 is 5.97 Å². The van der Waals surface area contributed by atoms with Crippen molar-refractivity contribution in [2.24, 2.45) is 5.92 Å². The SMILES string of the molecule is CC1(C)CC(C(=O)O)CN1Cc1ccco1. The zero-order valence-electron chi connectivity index (χ0n) is 9.64. The Balaban J connectivity index is 2.07. The summed E-state index contributed by atoms with van der Waals surface area (Å²) in [5.74, 6) is -0.0703. The lowest BCUT2D eigenvalue weighted by molar-refractivity contribution is -0.141. The van der Waals surface area contributed by atoms with E-state index in [2.05, 4.69) is 18.7 Å². The Hall–Kier alpha value is -1.29. The molecule has 2 heterocycles. The minimum atomic E-state index is -0.699. The van der Waals surface area contributed by atoms with E-state index in [1.165, 1.54) is 0 Å². The standard InChI is InChI=1S/C12H17NO3/c1-12(2)6-9(11(14)15)7-13(12)8-10-4-3-5-16-10/h3-5,9H,6-8H2,1-2H3,(H,14,15). The highest BCUT2D eigenvalue weighted by Gasteiger charge is 2.41. The Kier molecular flexibility index (Phi) is 2.76. The number of carboxylic acid groups (broad SMARTS) is 1. The molecule has 4 heteroatoms. The summed E-state index contributed by atoms with van der Waals surface area (Å²) in [6.07, 6.45) is 2.34. The van der Waals surface area contributed by atoms with Crippen molar-refractivity contribution in [1.29, 1.82) is 0 Å². The number of carbonyl (C=O) groups is 1. The van der Waals surface area contributed by atoms with Crippen LogP contribution in [0.5, 0.6) is 0 Å². The smallest absolute Gasteiger partial charge is 0.307 e. The lowest BCUT2D eigenvalue weighted by atomic mass is 9.96. The van der Waals surface area contributed by atoms with Crippen molar-refractivity contribution in [2.75, 3.05) is 6.54 Å². The van der Waals surface area contributed by atoms with Gasteiger partial charge in [0.15, 0.2) is 0 Å². The Bertz CT molecular complexity index is 370. The summed E-state index contributed by atoms with van der Waals surface area (Å²) in [6.45, 7) is 5.45. The number of carboxylic acids is 1. The van der Waals surface area contributed by atoms with Crippen molar-refractivity contribution in [3.63, 3.8) is 0 Å². The first-order valence-electron chi connectivity index (χ1n) is 5.49. The third-order valence-corrected chi connectivity index (χ3v) is 3.32. The zero-order valence-corrected chi connectivity index (χ0v) is 9.64. The molecule has 0 aromatic carbocycles. The molecule has 1 atom stereocenters. The molecule has 0 radical (unpaired) electrons. The van der Waals surface area contributed by atoms with Gasteiger partial charge in [-0.05, 0) is 32.4 Å². The van der Waals surface area contributed by atoms with Crippen LogP contribution in [0.2, 0.25) is 0 Å². The highest BCUT2D eigenvalue weighted by atomic mass is 16.4. The van der Waals surface area contributed by atoms with Gasteiger partial charge in [-0.25, -0.2) is 0 Å².